The first-order valence-electron chi connectivity index (χ1n) is 12.0. The number of nitrogens with two attached hydrogens (primary N) is 3. The fraction of sp³-hybridized carbons (Fsp3) is 0.458. The molecule has 0 aliphatic heterocycles. The van der Waals surface area contributed by atoms with E-state index in [0.717, 1.165) is 16.5 Å². The number of carboxylic acid groups (broad SMARTS) is 1. The first kappa shape index (κ1) is 29.1. The van der Waals surface area contributed by atoms with Crippen LogP contribution in [0.2, 0.25) is 0 Å². The fourth-order valence-corrected chi connectivity index (χ4v) is 3.71. The van der Waals surface area contributed by atoms with Gasteiger partial charge in [-0.15, -0.1) is 0 Å². The van der Waals surface area contributed by atoms with E-state index >= 15 is 0 Å². The molecule has 1 heterocycles. The van der Waals surface area contributed by atoms with Crippen LogP contribution < -0.4 is 33.2 Å². The van der Waals surface area contributed by atoms with E-state index in [0.29, 0.717) is 6.42 Å². The van der Waals surface area contributed by atoms with E-state index in [1.54, 1.807) is 20.0 Å². The van der Waals surface area contributed by atoms with Gasteiger partial charge in [0.05, 0.1) is 12.6 Å². The number of aliphatic imine (C=N–C) groups is 1. The Morgan fingerprint density at radius 2 is 1.78 bits per heavy atom. The Hall–Kier alpha value is -4.13. The normalized spacial score (nSPS) is 13.4. The number of nitrogens with zero attached hydrogens (tertiary/aromatic N) is 1. The highest BCUT2D eigenvalue weighted by molar-refractivity contribution is 5.93. The molecule has 0 aliphatic rings. The van der Waals surface area contributed by atoms with Crippen molar-refractivity contribution in [1.82, 2.24) is 20.9 Å². The Kier molecular flexibility index (Phi) is 10.9. The zero-order valence-electron chi connectivity index (χ0n) is 21.0. The summed E-state index contributed by atoms with van der Waals surface area (Å²) in [6, 6.07) is 4.65. The SMILES string of the molecule is CC(C)C(NC(=O)C(N)Cc1c[nH]c2ccccc12)C(=O)NCC(=O)NC(CCCN=C(N)N)C(=O)O. The fourth-order valence-electron chi connectivity index (χ4n) is 3.71. The van der Waals surface area contributed by atoms with Crippen molar-refractivity contribution in [3.05, 3.63) is 36.0 Å². The van der Waals surface area contributed by atoms with E-state index in [4.69, 9.17) is 17.2 Å². The van der Waals surface area contributed by atoms with Crippen LogP contribution in [0.15, 0.2) is 35.5 Å². The molecule has 1 aromatic heterocycles. The van der Waals surface area contributed by atoms with Gasteiger partial charge in [0.2, 0.25) is 17.7 Å². The summed E-state index contributed by atoms with van der Waals surface area (Å²) >= 11 is 0. The van der Waals surface area contributed by atoms with Crippen LogP contribution in [0.3, 0.4) is 0 Å². The molecular weight excluding hydrogens is 480 g/mol. The van der Waals surface area contributed by atoms with Gasteiger partial charge in [0.15, 0.2) is 5.96 Å². The molecule has 0 bridgehead atoms. The lowest BCUT2D eigenvalue weighted by molar-refractivity contribution is -0.142. The number of fused-ring (bicyclic) bond motifs is 1. The molecule has 2 aromatic rings. The first-order valence-corrected chi connectivity index (χ1v) is 12.0. The zero-order chi connectivity index (χ0) is 27.5. The number of amides is 3. The minimum Gasteiger partial charge on any atom is -0.480 e. The van der Waals surface area contributed by atoms with E-state index in [1.165, 1.54) is 0 Å². The van der Waals surface area contributed by atoms with Crippen molar-refractivity contribution in [2.45, 2.75) is 51.2 Å². The minimum atomic E-state index is -1.22. The van der Waals surface area contributed by atoms with Crippen LogP contribution in [0.1, 0.15) is 32.3 Å². The summed E-state index contributed by atoms with van der Waals surface area (Å²) < 4.78 is 0. The van der Waals surface area contributed by atoms with Crippen LogP contribution in [-0.4, -0.2) is 71.0 Å². The van der Waals surface area contributed by atoms with Gasteiger partial charge >= 0.3 is 5.97 Å². The lowest BCUT2D eigenvalue weighted by Gasteiger charge is -2.23. The average Bonchev–Trinajstić information content (AvgIpc) is 3.24. The van der Waals surface area contributed by atoms with Crippen molar-refractivity contribution >= 4 is 40.6 Å². The first-order chi connectivity index (χ1) is 17.5. The molecule has 3 atom stereocenters. The summed E-state index contributed by atoms with van der Waals surface area (Å²) in [6.07, 6.45) is 2.51. The standard InChI is InChI=1S/C24H36N8O5/c1-13(2)20(32-21(34)16(25)10-14-11-29-17-7-4-3-6-15(14)17)22(35)30-12-19(33)31-18(23(36)37)8-5-9-28-24(26)27/h3-4,6-7,11,13,16,18,20,29H,5,8-10,12,25H2,1-2H3,(H,30,35)(H,31,33)(H,32,34)(H,36,37)(H4,26,27,28). The molecule has 3 amide bonds. The number of carbonyl (C=O) groups excluding carboxylic acids is 3. The summed E-state index contributed by atoms with van der Waals surface area (Å²) in [5, 5.41) is 17.7. The average molecular weight is 517 g/mol. The highest BCUT2D eigenvalue weighted by Crippen LogP contribution is 2.18. The van der Waals surface area contributed by atoms with Crippen LogP contribution in [0.25, 0.3) is 10.9 Å². The number of carboxylic acids is 1. The van der Waals surface area contributed by atoms with Crippen LogP contribution in [0, 0.1) is 5.92 Å². The predicted octanol–water partition coefficient (Wildman–Crippen LogP) is -1.08. The van der Waals surface area contributed by atoms with Crippen LogP contribution in [-0.2, 0) is 25.6 Å². The molecule has 0 aliphatic carbocycles. The predicted molar refractivity (Wildman–Crippen MR) is 139 cm³/mol. The van der Waals surface area contributed by atoms with Gasteiger partial charge in [0.25, 0.3) is 0 Å². The number of benzene rings is 1. The van der Waals surface area contributed by atoms with E-state index in [9.17, 15) is 24.3 Å². The molecule has 202 valence electrons. The molecule has 13 nitrogen and oxygen atoms in total. The number of para-hydroxylation sites is 1. The molecule has 11 N–H and O–H groups in total. The number of aromatic amines is 1. The number of rotatable bonds is 14. The van der Waals surface area contributed by atoms with Gasteiger partial charge in [-0.3, -0.25) is 19.4 Å². The lowest BCUT2D eigenvalue weighted by Crippen LogP contribution is -2.55. The molecule has 1 aromatic carbocycles. The highest BCUT2D eigenvalue weighted by atomic mass is 16.4. The molecule has 13 heteroatoms. The van der Waals surface area contributed by atoms with Crippen LogP contribution in [0.5, 0.6) is 0 Å². The summed E-state index contributed by atoms with van der Waals surface area (Å²) in [6.45, 7) is 3.24. The maximum atomic E-state index is 12.8. The highest BCUT2D eigenvalue weighted by Gasteiger charge is 2.28. The molecule has 2 rings (SSSR count). The third-order valence-corrected chi connectivity index (χ3v) is 5.70. The number of H-pyrrole nitrogens is 1. The Bertz CT molecular complexity index is 1130. The maximum absolute atomic E-state index is 12.8. The van der Waals surface area contributed by atoms with Gasteiger partial charge in [-0.05, 0) is 36.8 Å². The molecule has 0 radical (unpaired) electrons. The number of aromatic nitrogens is 1. The molecular formula is C24H36N8O5. The molecule has 0 fully saturated rings. The number of aliphatic carboxylic acids is 1. The van der Waals surface area contributed by atoms with Crippen molar-refractivity contribution in [2.75, 3.05) is 13.1 Å². The van der Waals surface area contributed by atoms with Crippen LogP contribution >= 0.6 is 0 Å². The Balaban J connectivity index is 1.88. The van der Waals surface area contributed by atoms with Gasteiger partial charge in [-0.1, -0.05) is 32.0 Å². The monoisotopic (exact) mass is 516 g/mol. The smallest absolute Gasteiger partial charge is 0.326 e. The van der Waals surface area contributed by atoms with Gasteiger partial charge in [0.1, 0.15) is 12.1 Å². The maximum Gasteiger partial charge on any atom is 0.326 e. The van der Waals surface area contributed by atoms with Gasteiger partial charge in [-0.25, -0.2) is 4.79 Å². The largest absolute Gasteiger partial charge is 0.480 e. The summed E-state index contributed by atoms with van der Waals surface area (Å²) in [4.78, 5) is 56.0. The summed E-state index contributed by atoms with van der Waals surface area (Å²) in [5.74, 6) is -3.40. The zero-order valence-corrected chi connectivity index (χ0v) is 21.0. The summed E-state index contributed by atoms with van der Waals surface area (Å²) in [7, 11) is 0. The number of carbonyl (C=O) groups is 4. The second kappa shape index (κ2) is 13.8. The molecule has 0 saturated carbocycles. The Morgan fingerprint density at radius 1 is 1.08 bits per heavy atom. The topological polar surface area (TPSA) is 231 Å². The quantitative estimate of drug-likeness (QED) is 0.0871. The summed E-state index contributed by atoms with van der Waals surface area (Å²) in [5.41, 5.74) is 18.4. The van der Waals surface area contributed by atoms with E-state index in [2.05, 4.69) is 25.9 Å². The van der Waals surface area contributed by atoms with Crippen molar-refractivity contribution in [3.8, 4) is 0 Å². The Labute approximate surface area is 214 Å². The van der Waals surface area contributed by atoms with Crippen molar-refractivity contribution < 1.29 is 24.3 Å². The van der Waals surface area contributed by atoms with Crippen molar-refractivity contribution in [2.24, 2.45) is 28.1 Å². The van der Waals surface area contributed by atoms with Crippen molar-refractivity contribution in [1.29, 1.82) is 0 Å². The second-order valence-corrected chi connectivity index (χ2v) is 9.03. The van der Waals surface area contributed by atoms with Crippen molar-refractivity contribution in [3.63, 3.8) is 0 Å². The molecule has 0 saturated heterocycles. The van der Waals surface area contributed by atoms with Gasteiger partial charge in [0, 0.05) is 23.6 Å². The third-order valence-electron chi connectivity index (χ3n) is 5.70. The Morgan fingerprint density at radius 3 is 2.43 bits per heavy atom. The third kappa shape index (κ3) is 9.11. The number of hydrogen-bond donors (Lipinski definition) is 8. The van der Waals surface area contributed by atoms with E-state index in [-0.39, 0.29) is 31.3 Å². The van der Waals surface area contributed by atoms with E-state index < -0.39 is 48.4 Å². The molecule has 0 spiro atoms. The second-order valence-electron chi connectivity index (χ2n) is 9.03. The van der Waals surface area contributed by atoms with Gasteiger partial charge < -0.3 is 43.2 Å². The molecule has 37 heavy (non-hydrogen) atoms. The lowest BCUT2D eigenvalue weighted by atomic mass is 10.0. The number of hydrogen-bond acceptors (Lipinski definition) is 6. The molecule has 3 unspecified atom stereocenters. The number of nitrogens with one attached hydrogen (secondary N) is 4. The van der Waals surface area contributed by atoms with Crippen LogP contribution in [0.4, 0.5) is 0 Å². The number of guanidine groups is 1. The minimum absolute atomic E-state index is 0.102. The van der Waals surface area contributed by atoms with E-state index in [1.807, 2.05) is 24.3 Å². The van der Waals surface area contributed by atoms with Gasteiger partial charge in [-0.2, -0.15) is 0 Å².